The Morgan fingerprint density at radius 2 is 1.37 bits per heavy atom. The van der Waals surface area contributed by atoms with Crippen molar-refractivity contribution >= 4 is 11.9 Å². The maximum absolute atomic E-state index is 13.0. The van der Waals surface area contributed by atoms with Crippen molar-refractivity contribution < 1.29 is 19.4 Å². The fourth-order valence-corrected chi connectivity index (χ4v) is 3.79. The van der Waals surface area contributed by atoms with Crippen LogP contribution in [-0.4, -0.2) is 35.0 Å². The second kappa shape index (κ2) is 8.51. The summed E-state index contributed by atoms with van der Waals surface area (Å²) >= 11 is 0. The SMILES string of the molecule is O=C(COC(=O)C(O)(c1ccccc1)c1ccccc1)N1CCc2ccccc2C1. The molecule has 3 aromatic carbocycles. The van der Waals surface area contributed by atoms with Crippen LogP contribution in [0, 0.1) is 0 Å². The highest BCUT2D eigenvalue weighted by atomic mass is 16.6. The molecule has 0 saturated heterocycles. The van der Waals surface area contributed by atoms with Crippen molar-refractivity contribution in [1.29, 1.82) is 0 Å². The molecule has 0 aliphatic carbocycles. The van der Waals surface area contributed by atoms with E-state index in [4.69, 9.17) is 4.74 Å². The number of ether oxygens (including phenoxy) is 1. The lowest BCUT2D eigenvalue weighted by molar-refractivity contribution is -0.166. The van der Waals surface area contributed by atoms with Crippen LogP contribution in [0.25, 0.3) is 0 Å². The fraction of sp³-hybridized carbons (Fsp3) is 0.200. The number of fused-ring (bicyclic) bond motifs is 1. The molecular formula is C25H23NO4. The molecular weight excluding hydrogens is 378 g/mol. The molecule has 0 unspecified atom stereocenters. The minimum Gasteiger partial charge on any atom is -0.453 e. The summed E-state index contributed by atoms with van der Waals surface area (Å²) in [6, 6.07) is 25.3. The lowest BCUT2D eigenvalue weighted by atomic mass is 9.86. The van der Waals surface area contributed by atoms with E-state index in [9.17, 15) is 14.7 Å². The van der Waals surface area contributed by atoms with Gasteiger partial charge >= 0.3 is 5.97 Å². The first-order valence-electron chi connectivity index (χ1n) is 9.94. The normalized spacial score (nSPS) is 13.4. The Balaban J connectivity index is 1.49. The predicted molar refractivity (Wildman–Crippen MR) is 112 cm³/mol. The Hall–Kier alpha value is -3.44. The standard InChI is InChI=1S/C25H23NO4/c27-23(26-16-15-19-9-7-8-10-20(19)17-26)18-30-24(28)25(29,21-11-3-1-4-12-21)22-13-5-2-6-14-22/h1-14,29H,15-18H2. The third kappa shape index (κ3) is 3.84. The largest absolute Gasteiger partial charge is 0.453 e. The Morgan fingerprint density at radius 1 is 0.833 bits per heavy atom. The molecule has 0 bridgehead atoms. The highest BCUT2D eigenvalue weighted by molar-refractivity contribution is 5.88. The first-order valence-corrected chi connectivity index (χ1v) is 9.94. The molecule has 4 rings (SSSR count). The molecule has 5 heteroatoms. The van der Waals surface area contributed by atoms with Gasteiger partial charge < -0.3 is 14.7 Å². The van der Waals surface area contributed by atoms with Crippen molar-refractivity contribution in [1.82, 2.24) is 4.90 Å². The smallest absolute Gasteiger partial charge is 0.348 e. The van der Waals surface area contributed by atoms with E-state index in [1.807, 2.05) is 18.2 Å². The quantitative estimate of drug-likeness (QED) is 0.668. The first kappa shape index (κ1) is 19.9. The van der Waals surface area contributed by atoms with E-state index < -0.39 is 18.2 Å². The minimum absolute atomic E-state index is 0.277. The van der Waals surface area contributed by atoms with E-state index >= 15 is 0 Å². The van der Waals surface area contributed by atoms with Gasteiger partial charge in [0.2, 0.25) is 5.60 Å². The molecule has 0 spiro atoms. The number of hydrogen-bond donors (Lipinski definition) is 1. The van der Waals surface area contributed by atoms with Gasteiger partial charge in [-0.05, 0) is 28.7 Å². The van der Waals surface area contributed by atoms with Gasteiger partial charge in [0.15, 0.2) is 6.61 Å². The summed E-state index contributed by atoms with van der Waals surface area (Å²) in [6.45, 7) is 0.659. The Labute approximate surface area is 175 Å². The van der Waals surface area contributed by atoms with Crippen molar-refractivity contribution in [2.75, 3.05) is 13.2 Å². The summed E-state index contributed by atoms with van der Waals surface area (Å²) in [4.78, 5) is 27.4. The second-order valence-electron chi connectivity index (χ2n) is 7.35. The van der Waals surface area contributed by atoms with Crippen LogP contribution in [0.4, 0.5) is 0 Å². The van der Waals surface area contributed by atoms with Crippen molar-refractivity contribution in [2.45, 2.75) is 18.6 Å². The zero-order valence-electron chi connectivity index (χ0n) is 16.5. The predicted octanol–water partition coefficient (Wildman–Crippen LogP) is 3.05. The molecule has 1 heterocycles. The molecule has 1 aliphatic heterocycles. The fourth-order valence-electron chi connectivity index (χ4n) is 3.79. The Kier molecular flexibility index (Phi) is 5.63. The number of amides is 1. The molecule has 0 saturated carbocycles. The first-order chi connectivity index (χ1) is 14.6. The number of hydrogen-bond acceptors (Lipinski definition) is 4. The number of rotatable bonds is 5. The number of esters is 1. The highest BCUT2D eigenvalue weighted by Gasteiger charge is 2.42. The second-order valence-corrected chi connectivity index (χ2v) is 7.35. The zero-order chi connectivity index (χ0) is 21.0. The van der Waals surface area contributed by atoms with Crippen LogP contribution in [0.1, 0.15) is 22.3 Å². The molecule has 3 aromatic rings. The molecule has 30 heavy (non-hydrogen) atoms. The minimum atomic E-state index is -1.99. The van der Waals surface area contributed by atoms with Crippen LogP contribution in [0.5, 0.6) is 0 Å². The summed E-state index contributed by atoms with van der Waals surface area (Å²) in [5, 5.41) is 11.4. The average Bonchev–Trinajstić information content (AvgIpc) is 2.82. The number of carbonyl (C=O) groups excluding carboxylic acids is 2. The molecule has 152 valence electrons. The monoisotopic (exact) mass is 401 g/mol. The number of aliphatic hydroxyl groups is 1. The van der Waals surface area contributed by atoms with Gasteiger partial charge in [-0.1, -0.05) is 84.9 Å². The molecule has 0 aromatic heterocycles. The Bertz CT molecular complexity index is 994. The van der Waals surface area contributed by atoms with Gasteiger partial charge in [0.25, 0.3) is 5.91 Å². The molecule has 5 nitrogen and oxygen atoms in total. The van der Waals surface area contributed by atoms with Gasteiger partial charge in [-0.25, -0.2) is 4.79 Å². The van der Waals surface area contributed by atoms with Gasteiger partial charge in [0, 0.05) is 13.1 Å². The van der Waals surface area contributed by atoms with Gasteiger partial charge in [-0.15, -0.1) is 0 Å². The van der Waals surface area contributed by atoms with E-state index in [0.29, 0.717) is 24.2 Å². The number of carbonyl (C=O) groups is 2. The van der Waals surface area contributed by atoms with E-state index in [1.165, 1.54) is 5.56 Å². The van der Waals surface area contributed by atoms with Crippen LogP contribution in [0.2, 0.25) is 0 Å². The van der Waals surface area contributed by atoms with E-state index in [1.54, 1.807) is 65.6 Å². The van der Waals surface area contributed by atoms with Crippen molar-refractivity contribution in [3.8, 4) is 0 Å². The highest BCUT2D eigenvalue weighted by Crippen LogP contribution is 2.31. The zero-order valence-corrected chi connectivity index (χ0v) is 16.5. The van der Waals surface area contributed by atoms with Crippen molar-refractivity contribution in [3.63, 3.8) is 0 Å². The lowest BCUT2D eigenvalue weighted by Gasteiger charge is -2.30. The summed E-state index contributed by atoms with van der Waals surface area (Å²) in [6.07, 6.45) is 0.772. The van der Waals surface area contributed by atoms with Crippen LogP contribution < -0.4 is 0 Å². The maximum atomic E-state index is 13.0. The van der Waals surface area contributed by atoms with E-state index in [0.717, 1.165) is 12.0 Å². The lowest BCUT2D eigenvalue weighted by Crippen LogP contribution is -2.42. The van der Waals surface area contributed by atoms with E-state index in [2.05, 4.69) is 6.07 Å². The Morgan fingerprint density at radius 3 is 1.97 bits per heavy atom. The summed E-state index contributed by atoms with van der Waals surface area (Å²) in [5.41, 5.74) is 1.13. The van der Waals surface area contributed by atoms with Crippen LogP contribution in [0.15, 0.2) is 84.9 Å². The molecule has 0 atom stereocenters. The van der Waals surface area contributed by atoms with Crippen LogP contribution in [-0.2, 0) is 32.9 Å². The van der Waals surface area contributed by atoms with Gasteiger partial charge in [-0.3, -0.25) is 4.79 Å². The third-order valence-corrected chi connectivity index (χ3v) is 5.49. The van der Waals surface area contributed by atoms with Gasteiger partial charge in [0.1, 0.15) is 0 Å². The molecule has 1 amide bonds. The van der Waals surface area contributed by atoms with Gasteiger partial charge in [-0.2, -0.15) is 0 Å². The molecule has 0 fully saturated rings. The summed E-state index contributed by atoms with van der Waals surface area (Å²) < 4.78 is 5.34. The number of benzene rings is 3. The van der Waals surface area contributed by atoms with Crippen molar-refractivity contribution in [2.24, 2.45) is 0 Å². The average molecular weight is 401 g/mol. The van der Waals surface area contributed by atoms with Crippen LogP contribution in [0.3, 0.4) is 0 Å². The van der Waals surface area contributed by atoms with Crippen LogP contribution >= 0.6 is 0 Å². The summed E-state index contributed by atoms with van der Waals surface area (Å²) in [5.74, 6) is -1.15. The van der Waals surface area contributed by atoms with E-state index in [-0.39, 0.29) is 5.91 Å². The molecule has 1 N–H and O–H groups in total. The molecule has 0 radical (unpaired) electrons. The molecule has 1 aliphatic rings. The third-order valence-electron chi connectivity index (χ3n) is 5.49. The van der Waals surface area contributed by atoms with Gasteiger partial charge in [0.05, 0.1) is 0 Å². The summed E-state index contributed by atoms with van der Waals surface area (Å²) in [7, 11) is 0. The van der Waals surface area contributed by atoms with Crippen molar-refractivity contribution in [3.05, 3.63) is 107 Å². The number of nitrogens with zero attached hydrogens (tertiary/aromatic N) is 1. The topological polar surface area (TPSA) is 66.8 Å². The maximum Gasteiger partial charge on any atom is 0.348 e.